The average molecular weight is 183 g/mol. The molecule has 0 fully saturated rings. The molecule has 0 aliphatic heterocycles. The van der Waals surface area contributed by atoms with Crippen LogP contribution in [0.1, 0.15) is 4.88 Å². The zero-order valence-corrected chi connectivity index (χ0v) is 6.98. The Hall–Kier alpha value is -1.36. The van der Waals surface area contributed by atoms with Gasteiger partial charge in [-0.25, -0.2) is 4.79 Å². The second-order valence-electron chi connectivity index (χ2n) is 2.07. The van der Waals surface area contributed by atoms with Crippen LogP contribution in [0.15, 0.2) is 11.4 Å². The van der Waals surface area contributed by atoms with E-state index in [1.54, 1.807) is 17.7 Å². The molecule has 0 aliphatic rings. The van der Waals surface area contributed by atoms with Crippen LogP contribution in [0.3, 0.4) is 0 Å². The van der Waals surface area contributed by atoms with Crippen molar-refractivity contribution in [3.8, 4) is 0 Å². The minimum absolute atomic E-state index is 0.188. The fraction of sp³-hybridized carbons (Fsp3) is 0.143. The predicted molar refractivity (Wildman–Crippen MR) is 46.9 cm³/mol. The van der Waals surface area contributed by atoms with Gasteiger partial charge in [0.05, 0.1) is 12.1 Å². The van der Waals surface area contributed by atoms with Gasteiger partial charge in [-0.15, -0.1) is 11.3 Å². The highest BCUT2D eigenvalue weighted by atomic mass is 32.1. The van der Waals surface area contributed by atoms with Crippen LogP contribution in [0, 0.1) is 0 Å². The molecule has 0 atom stereocenters. The summed E-state index contributed by atoms with van der Waals surface area (Å²) in [6, 6.07) is 1.07. The van der Waals surface area contributed by atoms with Gasteiger partial charge in [-0.3, -0.25) is 4.79 Å². The quantitative estimate of drug-likeness (QED) is 0.730. The van der Waals surface area contributed by atoms with Gasteiger partial charge in [0.15, 0.2) is 0 Å². The molecule has 1 aromatic heterocycles. The van der Waals surface area contributed by atoms with Crippen molar-refractivity contribution in [3.63, 3.8) is 0 Å². The highest BCUT2D eigenvalue weighted by molar-refractivity contribution is 7.10. The summed E-state index contributed by atoms with van der Waals surface area (Å²) in [6.07, 6.45) is 1.94. The molecule has 1 radical (unpaired) electrons. The first kappa shape index (κ1) is 8.73. The lowest BCUT2D eigenvalue weighted by molar-refractivity contribution is 0.259. The van der Waals surface area contributed by atoms with Crippen molar-refractivity contribution in [1.29, 1.82) is 0 Å². The maximum atomic E-state index is 10.4. The first-order chi connectivity index (χ1) is 5.74. The Labute approximate surface area is 73.4 Å². The number of anilines is 1. The monoisotopic (exact) mass is 183 g/mol. The largest absolute Gasteiger partial charge is 0.351 e. The maximum Gasteiger partial charge on any atom is 0.316 e. The molecular formula is C7H7N2O2S. The van der Waals surface area contributed by atoms with Crippen LogP contribution in [0.25, 0.3) is 0 Å². The fourth-order valence-corrected chi connectivity index (χ4v) is 1.54. The number of amides is 2. The Bertz CT molecular complexity index is 295. The SMILES string of the molecule is NC(=O)Nc1ccsc1C[C]=O. The number of carbonyl (C=O) groups excluding carboxylic acids is 2. The Morgan fingerprint density at radius 3 is 3.08 bits per heavy atom. The number of nitrogens with two attached hydrogens (primary N) is 1. The van der Waals surface area contributed by atoms with Gasteiger partial charge in [0.2, 0.25) is 6.29 Å². The molecule has 0 bridgehead atoms. The number of hydrogen-bond donors (Lipinski definition) is 2. The van der Waals surface area contributed by atoms with Gasteiger partial charge < -0.3 is 11.1 Å². The van der Waals surface area contributed by atoms with Crippen molar-refractivity contribution in [1.82, 2.24) is 0 Å². The van der Waals surface area contributed by atoms with Crippen LogP contribution in [0.5, 0.6) is 0 Å². The van der Waals surface area contributed by atoms with E-state index in [1.165, 1.54) is 11.3 Å². The third-order valence-electron chi connectivity index (χ3n) is 1.24. The summed E-state index contributed by atoms with van der Waals surface area (Å²) in [5.74, 6) is 0. The summed E-state index contributed by atoms with van der Waals surface area (Å²) in [5, 5.41) is 4.18. The van der Waals surface area contributed by atoms with Gasteiger partial charge in [-0.05, 0) is 11.4 Å². The molecule has 1 aromatic rings. The molecule has 0 unspecified atom stereocenters. The van der Waals surface area contributed by atoms with Crippen LogP contribution in [-0.2, 0) is 11.2 Å². The molecule has 4 nitrogen and oxygen atoms in total. The summed E-state index contributed by atoms with van der Waals surface area (Å²) in [4.78, 5) is 21.3. The van der Waals surface area contributed by atoms with Crippen LogP contribution in [-0.4, -0.2) is 12.3 Å². The summed E-state index contributed by atoms with van der Waals surface area (Å²) in [7, 11) is 0. The van der Waals surface area contributed by atoms with E-state index in [0.717, 1.165) is 4.88 Å². The second kappa shape index (κ2) is 3.87. The number of rotatable bonds is 3. The van der Waals surface area contributed by atoms with E-state index in [-0.39, 0.29) is 6.42 Å². The topological polar surface area (TPSA) is 72.2 Å². The van der Waals surface area contributed by atoms with Gasteiger partial charge in [0.25, 0.3) is 0 Å². The molecule has 5 heteroatoms. The van der Waals surface area contributed by atoms with Crippen molar-refractivity contribution in [2.45, 2.75) is 6.42 Å². The number of carbonyl (C=O) groups is 1. The molecule has 12 heavy (non-hydrogen) atoms. The standard InChI is InChI=1S/C7H7N2O2S/c8-7(11)9-5-2-4-12-6(5)1-3-10/h2,4H,1H2,(H3,8,9,11). The Morgan fingerprint density at radius 1 is 1.75 bits per heavy atom. The van der Waals surface area contributed by atoms with Crippen LogP contribution < -0.4 is 11.1 Å². The van der Waals surface area contributed by atoms with E-state index in [1.807, 2.05) is 0 Å². The zero-order valence-electron chi connectivity index (χ0n) is 6.16. The number of thiophene rings is 1. The lowest BCUT2D eigenvalue weighted by atomic mass is 10.3. The predicted octanol–water partition coefficient (Wildman–Crippen LogP) is 0.891. The van der Waals surface area contributed by atoms with Gasteiger partial charge in [-0.2, -0.15) is 0 Å². The van der Waals surface area contributed by atoms with Crippen molar-refractivity contribution in [3.05, 3.63) is 16.3 Å². The zero-order chi connectivity index (χ0) is 8.97. The highest BCUT2D eigenvalue weighted by Gasteiger charge is 2.04. The molecule has 3 N–H and O–H groups in total. The van der Waals surface area contributed by atoms with E-state index in [9.17, 15) is 9.59 Å². The Balaban J connectivity index is 2.76. The average Bonchev–Trinajstić information content (AvgIpc) is 2.37. The first-order valence-corrected chi connectivity index (χ1v) is 4.10. The molecule has 1 rings (SSSR count). The second-order valence-corrected chi connectivity index (χ2v) is 3.07. The number of primary amides is 1. The van der Waals surface area contributed by atoms with Gasteiger partial charge >= 0.3 is 6.03 Å². The highest BCUT2D eigenvalue weighted by Crippen LogP contribution is 2.21. The van der Waals surface area contributed by atoms with E-state index < -0.39 is 6.03 Å². The smallest absolute Gasteiger partial charge is 0.316 e. The number of nitrogens with one attached hydrogen (secondary N) is 1. The summed E-state index contributed by atoms with van der Waals surface area (Å²) in [6.45, 7) is 0. The van der Waals surface area contributed by atoms with Gasteiger partial charge in [0.1, 0.15) is 0 Å². The summed E-state index contributed by atoms with van der Waals surface area (Å²) < 4.78 is 0. The molecular weight excluding hydrogens is 176 g/mol. The van der Waals surface area contributed by atoms with Crippen molar-refractivity contribution >= 4 is 29.3 Å². The van der Waals surface area contributed by atoms with E-state index in [2.05, 4.69) is 5.32 Å². The third-order valence-corrected chi connectivity index (χ3v) is 2.16. The normalized spacial score (nSPS) is 9.33. The molecule has 0 aromatic carbocycles. The van der Waals surface area contributed by atoms with Crippen molar-refractivity contribution < 1.29 is 9.59 Å². The van der Waals surface area contributed by atoms with Gasteiger partial charge in [-0.1, -0.05) is 0 Å². The molecule has 0 saturated carbocycles. The lowest BCUT2D eigenvalue weighted by Crippen LogP contribution is -2.19. The minimum atomic E-state index is -0.624. The van der Waals surface area contributed by atoms with Crippen molar-refractivity contribution in [2.24, 2.45) is 5.73 Å². The van der Waals surface area contributed by atoms with Gasteiger partial charge in [0, 0.05) is 4.88 Å². The van der Waals surface area contributed by atoms with Crippen molar-refractivity contribution in [2.75, 3.05) is 5.32 Å². The van der Waals surface area contributed by atoms with E-state index in [4.69, 9.17) is 5.73 Å². The van der Waals surface area contributed by atoms with Crippen LogP contribution >= 0.6 is 11.3 Å². The Kier molecular flexibility index (Phi) is 2.82. The van der Waals surface area contributed by atoms with E-state index in [0.29, 0.717) is 5.69 Å². The lowest BCUT2D eigenvalue weighted by Gasteiger charge is -1.99. The number of urea groups is 1. The summed E-state index contributed by atoms with van der Waals surface area (Å²) in [5.41, 5.74) is 5.50. The fourth-order valence-electron chi connectivity index (χ4n) is 0.787. The molecule has 0 aliphatic carbocycles. The molecule has 2 amide bonds. The minimum Gasteiger partial charge on any atom is -0.351 e. The molecule has 1 heterocycles. The molecule has 0 saturated heterocycles. The van der Waals surface area contributed by atoms with Crippen LogP contribution in [0.2, 0.25) is 0 Å². The Morgan fingerprint density at radius 2 is 2.50 bits per heavy atom. The van der Waals surface area contributed by atoms with Crippen LogP contribution in [0.4, 0.5) is 10.5 Å². The summed E-state index contributed by atoms with van der Waals surface area (Å²) >= 11 is 1.38. The number of hydrogen-bond acceptors (Lipinski definition) is 3. The van der Waals surface area contributed by atoms with E-state index >= 15 is 0 Å². The maximum absolute atomic E-state index is 10.4. The first-order valence-electron chi connectivity index (χ1n) is 3.22. The third kappa shape index (κ3) is 2.06. The molecule has 63 valence electrons. The molecule has 0 spiro atoms.